The molecule has 1 fully saturated rings. The fraction of sp³-hybridized carbons (Fsp3) is 0.889. The van der Waals surface area contributed by atoms with Crippen LogP contribution >= 0.6 is 0 Å². The second-order valence-corrected chi connectivity index (χ2v) is 3.81. The number of rotatable bonds is 4. The zero-order chi connectivity index (χ0) is 9.84. The standard InChI is InChI=1S/C9H18N2O2/c1-7(12)8-2-4-11(6-8)5-3-9(10)13/h7-8,12H,2-6H2,1H3,(H2,10,13). The van der Waals surface area contributed by atoms with Crippen LogP contribution in [-0.2, 0) is 4.79 Å². The van der Waals surface area contributed by atoms with Crippen molar-refractivity contribution in [3.8, 4) is 0 Å². The minimum atomic E-state index is -0.250. The Bertz CT molecular complexity index is 182. The van der Waals surface area contributed by atoms with E-state index >= 15 is 0 Å². The number of primary amides is 1. The van der Waals surface area contributed by atoms with Crippen molar-refractivity contribution in [3.05, 3.63) is 0 Å². The lowest BCUT2D eigenvalue weighted by atomic mass is 10.0. The number of carbonyl (C=O) groups is 1. The fourth-order valence-electron chi connectivity index (χ4n) is 1.73. The number of hydrogen-bond donors (Lipinski definition) is 2. The topological polar surface area (TPSA) is 66.6 Å². The van der Waals surface area contributed by atoms with Gasteiger partial charge in [0.2, 0.25) is 5.91 Å². The van der Waals surface area contributed by atoms with Gasteiger partial charge < -0.3 is 15.7 Å². The van der Waals surface area contributed by atoms with Gasteiger partial charge in [-0.05, 0) is 25.8 Å². The predicted octanol–water partition coefficient (Wildman–Crippen LogP) is -0.435. The number of aliphatic hydroxyl groups is 1. The third-order valence-corrected chi connectivity index (χ3v) is 2.67. The zero-order valence-electron chi connectivity index (χ0n) is 8.07. The first-order valence-corrected chi connectivity index (χ1v) is 4.78. The monoisotopic (exact) mass is 186 g/mol. The Morgan fingerprint density at radius 2 is 2.46 bits per heavy atom. The van der Waals surface area contributed by atoms with Crippen LogP contribution in [0.4, 0.5) is 0 Å². The van der Waals surface area contributed by atoms with Gasteiger partial charge >= 0.3 is 0 Å². The minimum Gasteiger partial charge on any atom is -0.393 e. The van der Waals surface area contributed by atoms with Crippen LogP contribution in [0, 0.1) is 5.92 Å². The van der Waals surface area contributed by atoms with E-state index in [0.29, 0.717) is 12.3 Å². The summed E-state index contributed by atoms with van der Waals surface area (Å²) in [6.45, 7) is 4.43. The molecular formula is C9H18N2O2. The summed E-state index contributed by atoms with van der Waals surface area (Å²) in [4.78, 5) is 12.7. The third kappa shape index (κ3) is 3.32. The molecule has 2 unspecified atom stereocenters. The van der Waals surface area contributed by atoms with Crippen molar-refractivity contribution in [2.24, 2.45) is 11.7 Å². The lowest BCUT2D eigenvalue weighted by molar-refractivity contribution is -0.118. The SMILES string of the molecule is CC(O)C1CCN(CCC(N)=O)C1. The van der Waals surface area contributed by atoms with Crippen LogP contribution in [0.2, 0.25) is 0 Å². The highest BCUT2D eigenvalue weighted by Gasteiger charge is 2.25. The summed E-state index contributed by atoms with van der Waals surface area (Å²) in [7, 11) is 0. The van der Waals surface area contributed by atoms with Crippen LogP contribution < -0.4 is 5.73 Å². The second-order valence-electron chi connectivity index (χ2n) is 3.81. The normalized spacial score (nSPS) is 26.2. The van der Waals surface area contributed by atoms with Crippen LogP contribution in [0.1, 0.15) is 19.8 Å². The largest absolute Gasteiger partial charge is 0.393 e. The van der Waals surface area contributed by atoms with E-state index in [-0.39, 0.29) is 12.0 Å². The van der Waals surface area contributed by atoms with E-state index in [4.69, 9.17) is 5.73 Å². The van der Waals surface area contributed by atoms with Gasteiger partial charge in [-0.25, -0.2) is 0 Å². The molecule has 0 radical (unpaired) electrons. The maximum Gasteiger partial charge on any atom is 0.218 e. The molecule has 0 spiro atoms. The molecule has 0 aromatic rings. The van der Waals surface area contributed by atoms with Gasteiger partial charge in [-0.2, -0.15) is 0 Å². The Labute approximate surface area is 78.7 Å². The summed E-state index contributed by atoms with van der Waals surface area (Å²) in [5.41, 5.74) is 5.05. The lowest BCUT2D eigenvalue weighted by Gasteiger charge is -2.16. The van der Waals surface area contributed by atoms with E-state index in [1.54, 1.807) is 0 Å². The van der Waals surface area contributed by atoms with E-state index in [2.05, 4.69) is 4.90 Å². The van der Waals surface area contributed by atoms with Crippen LogP contribution in [-0.4, -0.2) is 41.7 Å². The number of amides is 1. The van der Waals surface area contributed by atoms with Gasteiger partial charge in [0.1, 0.15) is 0 Å². The first-order chi connectivity index (χ1) is 6.09. The molecule has 3 N–H and O–H groups in total. The quantitative estimate of drug-likeness (QED) is 0.625. The highest BCUT2D eigenvalue weighted by atomic mass is 16.3. The predicted molar refractivity (Wildman–Crippen MR) is 50.0 cm³/mol. The zero-order valence-corrected chi connectivity index (χ0v) is 8.07. The number of hydrogen-bond acceptors (Lipinski definition) is 3. The van der Waals surface area contributed by atoms with Crippen LogP contribution in [0.5, 0.6) is 0 Å². The molecule has 0 aliphatic carbocycles. The van der Waals surface area contributed by atoms with Crippen LogP contribution in [0.3, 0.4) is 0 Å². The lowest BCUT2D eigenvalue weighted by Crippen LogP contribution is -2.28. The molecule has 1 amide bonds. The van der Waals surface area contributed by atoms with Crippen molar-refractivity contribution >= 4 is 5.91 Å². The average molecular weight is 186 g/mol. The number of nitrogens with two attached hydrogens (primary N) is 1. The first-order valence-electron chi connectivity index (χ1n) is 4.78. The Morgan fingerprint density at radius 3 is 2.92 bits per heavy atom. The molecule has 1 aliphatic rings. The second kappa shape index (κ2) is 4.58. The molecule has 13 heavy (non-hydrogen) atoms. The summed E-state index contributed by atoms with van der Waals surface area (Å²) in [5.74, 6) is 0.119. The number of carbonyl (C=O) groups excluding carboxylic acids is 1. The van der Waals surface area contributed by atoms with Gasteiger partial charge in [0, 0.05) is 19.5 Å². The van der Waals surface area contributed by atoms with Crippen molar-refractivity contribution in [2.45, 2.75) is 25.9 Å². The van der Waals surface area contributed by atoms with Crippen molar-refractivity contribution in [3.63, 3.8) is 0 Å². The van der Waals surface area contributed by atoms with E-state index in [9.17, 15) is 9.90 Å². The molecule has 1 aliphatic heterocycles. The maximum absolute atomic E-state index is 10.5. The molecule has 1 saturated heterocycles. The summed E-state index contributed by atoms with van der Waals surface area (Å²) in [6.07, 6.45) is 1.21. The van der Waals surface area contributed by atoms with E-state index in [0.717, 1.165) is 26.1 Å². The molecule has 0 saturated carbocycles. The number of nitrogens with zero attached hydrogens (tertiary/aromatic N) is 1. The highest BCUT2D eigenvalue weighted by Crippen LogP contribution is 2.19. The Hall–Kier alpha value is -0.610. The van der Waals surface area contributed by atoms with Gasteiger partial charge in [0.05, 0.1) is 6.10 Å². The van der Waals surface area contributed by atoms with Gasteiger partial charge in [0.25, 0.3) is 0 Å². The Balaban J connectivity index is 2.21. The Morgan fingerprint density at radius 1 is 1.77 bits per heavy atom. The molecule has 1 heterocycles. The van der Waals surface area contributed by atoms with E-state index < -0.39 is 0 Å². The number of likely N-dealkylation sites (tertiary alicyclic amines) is 1. The minimum absolute atomic E-state index is 0.237. The number of aliphatic hydroxyl groups excluding tert-OH is 1. The smallest absolute Gasteiger partial charge is 0.218 e. The summed E-state index contributed by atoms with van der Waals surface area (Å²) in [6, 6.07) is 0. The Kier molecular flexibility index (Phi) is 3.69. The average Bonchev–Trinajstić information content (AvgIpc) is 2.48. The van der Waals surface area contributed by atoms with Gasteiger partial charge in [-0.3, -0.25) is 4.79 Å². The fourth-order valence-corrected chi connectivity index (χ4v) is 1.73. The molecular weight excluding hydrogens is 168 g/mol. The van der Waals surface area contributed by atoms with Crippen LogP contribution in [0.25, 0.3) is 0 Å². The molecule has 4 heteroatoms. The summed E-state index contributed by atoms with van der Waals surface area (Å²) in [5, 5.41) is 9.33. The van der Waals surface area contributed by atoms with Crippen molar-refractivity contribution in [1.29, 1.82) is 0 Å². The highest BCUT2D eigenvalue weighted by molar-refractivity contribution is 5.73. The first kappa shape index (κ1) is 10.5. The molecule has 2 atom stereocenters. The molecule has 0 aromatic carbocycles. The van der Waals surface area contributed by atoms with Crippen LogP contribution in [0.15, 0.2) is 0 Å². The summed E-state index contributed by atoms with van der Waals surface area (Å²) >= 11 is 0. The molecule has 0 aromatic heterocycles. The molecule has 76 valence electrons. The van der Waals surface area contributed by atoms with E-state index in [1.807, 2.05) is 6.92 Å². The molecule has 1 rings (SSSR count). The van der Waals surface area contributed by atoms with Crippen molar-refractivity contribution < 1.29 is 9.90 Å². The van der Waals surface area contributed by atoms with Crippen molar-refractivity contribution in [2.75, 3.05) is 19.6 Å². The van der Waals surface area contributed by atoms with E-state index in [1.165, 1.54) is 0 Å². The molecule has 4 nitrogen and oxygen atoms in total. The van der Waals surface area contributed by atoms with Gasteiger partial charge in [-0.15, -0.1) is 0 Å². The van der Waals surface area contributed by atoms with Gasteiger partial charge in [0.15, 0.2) is 0 Å². The third-order valence-electron chi connectivity index (χ3n) is 2.67. The van der Waals surface area contributed by atoms with Gasteiger partial charge in [-0.1, -0.05) is 0 Å². The molecule has 0 bridgehead atoms. The summed E-state index contributed by atoms with van der Waals surface area (Å²) < 4.78 is 0. The maximum atomic E-state index is 10.5. The van der Waals surface area contributed by atoms with Crippen molar-refractivity contribution in [1.82, 2.24) is 4.90 Å².